The molecule has 4 nitrogen and oxygen atoms in total. The zero-order valence-electron chi connectivity index (χ0n) is 14.0. The molecule has 0 amide bonds. The number of nitrogens with one attached hydrogen (secondary N) is 1. The molecular formula is C15H27NO3S2Sn. The Morgan fingerprint density at radius 2 is 1.86 bits per heavy atom. The van der Waals surface area contributed by atoms with Gasteiger partial charge in [-0.3, -0.25) is 0 Å². The molecule has 1 heterocycles. The first-order valence-corrected chi connectivity index (χ1v) is 12.8. The minimum absolute atomic E-state index is 0.158. The fraction of sp³-hybridized carbons (Fsp3) is 0.733. The summed E-state index contributed by atoms with van der Waals surface area (Å²) in [6, 6.07) is 3.26. The number of rotatable bonds is 8. The standard InChI is InChI=1S/C11H18NO3S2.C4H9.Sn/c1-3-9(4-2)10(8-13)12-17(14,15)11-6-5-7-16-11;1-4(2)3;/h5-6,9-10,12-13H,3-4,8H2,1-2H3;1-3H3;/t10-;;/m1../s1. The van der Waals surface area contributed by atoms with Gasteiger partial charge in [0.2, 0.25) is 0 Å². The van der Waals surface area contributed by atoms with Crippen molar-refractivity contribution in [3.05, 3.63) is 12.1 Å². The number of thiophene rings is 1. The van der Waals surface area contributed by atoms with Crippen LogP contribution in [-0.4, -0.2) is 47.3 Å². The molecule has 0 saturated carbocycles. The van der Waals surface area contributed by atoms with Crippen LogP contribution in [0.15, 0.2) is 16.3 Å². The van der Waals surface area contributed by atoms with Gasteiger partial charge in [0.25, 0.3) is 0 Å². The molecule has 0 unspecified atom stereocenters. The van der Waals surface area contributed by atoms with Crippen molar-refractivity contribution in [2.75, 3.05) is 6.61 Å². The predicted octanol–water partition coefficient (Wildman–Crippen LogP) is 2.37. The molecule has 0 aliphatic heterocycles. The first kappa shape index (κ1) is 20.4. The van der Waals surface area contributed by atoms with Crippen molar-refractivity contribution in [2.45, 2.75) is 61.1 Å². The normalized spacial score (nSPS) is 14.5. The number of hydrogen-bond donors (Lipinski definition) is 2. The summed E-state index contributed by atoms with van der Waals surface area (Å²) in [7, 11) is -3.54. The fourth-order valence-corrected chi connectivity index (χ4v) is 11.4. The molecule has 2 radical (unpaired) electrons. The van der Waals surface area contributed by atoms with Gasteiger partial charge < -0.3 is 0 Å². The van der Waals surface area contributed by atoms with E-state index < -0.39 is 37.2 Å². The summed E-state index contributed by atoms with van der Waals surface area (Å²) in [5, 5.41) is 9.51. The van der Waals surface area contributed by atoms with Crippen molar-refractivity contribution >= 4 is 45.4 Å². The van der Waals surface area contributed by atoms with Gasteiger partial charge in [0, 0.05) is 0 Å². The molecule has 0 aliphatic rings. The van der Waals surface area contributed by atoms with Crippen LogP contribution in [0, 0.1) is 5.92 Å². The molecule has 1 rings (SSSR count). The quantitative estimate of drug-likeness (QED) is 0.596. The second-order valence-corrected chi connectivity index (χ2v) is 17.1. The van der Waals surface area contributed by atoms with E-state index in [9.17, 15) is 13.5 Å². The maximum atomic E-state index is 12.5. The van der Waals surface area contributed by atoms with Crippen LogP contribution in [0.2, 0.25) is 3.43 Å². The summed E-state index contributed by atoms with van der Waals surface area (Å²) in [6.45, 7) is 10.5. The number of sulfonamides is 1. The fourth-order valence-electron chi connectivity index (χ4n) is 2.30. The SMILES string of the molecule is CCC(CC)[C@@H](CO)NS(=O)(=O)c1cc[c]([Sn][C](C)(C)C)s1. The van der Waals surface area contributed by atoms with Gasteiger partial charge in [-0.25, -0.2) is 0 Å². The molecule has 1 aromatic rings. The van der Waals surface area contributed by atoms with Gasteiger partial charge in [-0.15, -0.1) is 0 Å². The van der Waals surface area contributed by atoms with Gasteiger partial charge >= 0.3 is 149 Å². The zero-order chi connectivity index (χ0) is 17.0. The predicted molar refractivity (Wildman–Crippen MR) is 94.7 cm³/mol. The Hall–Kier alpha value is 0.369. The van der Waals surface area contributed by atoms with Gasteiger partial charge in [0.15, 0.2) is 0 Å². The third kappa shape index (κ3) is 6.11. The molecule has 0 aromatic carbocycles. The molecule has 22 heavy (non-hydrogen) atoms. The Labute approximate surface area is 149 Å². The Balaban J connectivity index is 2.90. The van der Waals surface area contributed by atoms with Crippen LogP contribution >= 0.6 is 11.3 Å². The molecule has 7 heteroatoms. The summed E-state index contributed by atoms with van der Waals surface area (Å²) < 4.78 is 29.6. The number of aliphatic hydroxyl groups is 1. The van der Waals surface area contributed by atoms with Gasteiger partial charge in [-0.1, -0.05) is 0 Å². The van der Waals surface area contributed by atoms with Crippen LogP contribution in [-0.2, 0) is 10.0 Å². The van der Waals surface area contributed by atoms with E-state index in [0.717, 1.165) is 12.8 Å². The van der Waals surface area contributed by atoms with Crippen LogP contribution in [0.4, 0.5) is 0 Å². The van der Waals surface area contributed by atoms with Gasteiger partial charge in [0.1, 0.15) is 0 Å². The van der Waals surface area contributed by atoms with Crippen LogP contribution in [0.5, 0.6) is 0 Å². The molecule has 0 spiro atoms. The van der Waals surface area contributed by atoms with E-state index >= 15 is 0 Å². The van der Waals surface area contributed by atoms with Crippen LogP contribution in [0.1, 0.15) is 47.5 Å². The zero-order valence-corrected chi connectivity index (χ0v) is 18.5. The van der Waals surface area contributed by atoms with Crippen LogP contribution < -0.4 is 7.62 Å². The maximum absolute atomic E-state index is 12.5. The second kappa shape index (κ2) is 8.46. The average Bonchev–Trinajstić information content (AvgIpc) is 2.85. The molecule has 2 N–H and O–H groups in total. The first-order valence-electron chi connectivity index (χ1n) is 7.64. The molecular weight excluding hydrogens is 425 g/mol. The molecule has 0 bridgehead atoms. The molecule has 1 atom stereocenters. The minimum atomic E-state index is -3.54. The molecule has 0 fully saturated rings. The van der Waals surface area contributed by atoms with Crippen molar-refractivity contribution in [1.82, 2.24) is 4.72 Å². The third-order valence-electron chi connectivity index (χ3n) is 3.47. The van der Waals surface area contributed by atoms with Crippen molar-refractivity contribution in [2.24, 2.45) is 5.92 Å². The molecule has 0 saturated heterocycles. The molecule has 0 aliphatic carbocycles. The van der Waals surface area contributed by atoms with Gasteiger partial charge in [0.05, 0.1) is 0 Å². The van der Waals surface area contributed by atoms with E-state index in [4.69, 9.17) is 0 Å². The topological polar surface area (TPSA) is 66.4 Å². The second-order valence-electron chi connectivity index (χ2n) is 6.48. The van der Waals surface area contributed by atoms with Crippen LogP contribution in [0.3, 0.4) is 0 Å². The summed E-state index contributed by atoms with van der Waals surface area (Å²) in [6.07, 6.45) is 1.69. The van der Waals surface area contributed by atoms with E-state index in [1.165, 1.54) is 14.2 Å². The Morgan fingerprint density at radius 1 is 1.27 bits per heavy atom. The van der Waals surface area contributed by atoms with E-state index in [2.05, 4.69) is 25.5 Å². The van der Waals surface area contributed by atoms with Crippen molar-refractivity contribution in [3.8, 4) is 0 Å². The summed E-state index contributed by atoms with van der Waals surface area (Å²) in [5.41, 5.74) is 0. The van der Waals surface area contributed by atoms with E-state index in [1.807, 2.05) is 19.9 Å². The summed E-state index contributed by atoms with van der Waals surface area (Å²) >= 11 is 0.599. The Bertz CT molecular complexity index is 560. The van der Waals surface area contributed by atoms with Crippen molar-refractivity contribution in [3.63, 3.8) is 0 Å². The summed E-state index contributed by atoms with van der Waals surface area (Å²) in [5.74, 6) is 0.158. The first-order chi connectivity index (χ1) is 10.1. The monoisotopic (exact) mass is 453 g/mol. The third-order valence-corrected chi connectivity index (χ3v) is 11.2. The number of hydrogen-bond acceptors (Lipinski definition) is 4. The number of aliphatic hydroxyl groups excluding tert-OH is 1. The summed E-state index contributed by atoms with van der Waals surface area (Å²) in [4.78, 5) is 0. The van der Waals surface area contributed by atoms with E-state index in [1.54, 1.807) is 6.07 Å². The van der Waals surface area contributed by atoms with Crippen molar-refractivity contribution in [1.29, 1.82) is 0 Å². The van der Waals surface area contributed by atoms with E-state index in [0.29, 0.717) is 7.64 Å². The van der Waals surface area contributed by atoms with Gasteiger partial charge in [-0.05, 0) is 0 Å². The van der Waals surface area contributed by atoms with E-state index in [-0.39, 0.29) is 12.5 Å². The van der Waals surface area contributed by atoms with Crippen LogP contribution in [0.25, 0.3) is 0 Å². The Morgan fingerprint density at radius 3 is 2.32 bits per heavy atom. The Kier molecular flexibility index (Phi) is 7.85. The average molecular weight is 452 g/mol. The van der Waals surface area contributed by atoms with Crippen molar-refractivity contribution < 1.29 is 13.5 Å². The molecule has 126 valence electrons. The molecule has 1 aromatic heterocycles. The van der Waals surface area contributed by atoms with Gasteiger partial charge in [-0.2, -0.15) is 0 Å².